The van der Waals surface area contributed by atoms with Crippen molar-refractivity contribution in [3.05, 3.63) is 64.4 Å². The molecule has 0 saturated carbocycles. The molecule has 0 bridgehead atoms. The van der Waals surface area contributed by atoms with Crippen LogP contribution in [0.25, 0.3) is 0 Å². The summed E-state index contributed by atoms with van der Waals surface area (Å²) in [6.07, 6.45) is 0. The maximum absolute atomic E-state index is 13.2. The largest absolute Gasteiger partial charge is 0.383 e. The molecule has 0 aliphatic carbocycles. The van der Waals surface area contributed by atoms with E-state index in [0.717, 1.165) is 35.1 Å². The highest BCUT2D eigenvalue weighted by atomic mass is 35.5. The third-order valence-electron chi connectivity index (χ3n) is 3.87. The van der Waals surface area contributed by atoms with Crippen molar-refractivity contribution >= 4 is 33.4 Å². The Balaban J connectivity index is 1.83. The van der Waals surface area contributed by atoms with E-state index in [1.165, 1.54) is 11.8 Å². The van der Waals surface area contributed by atoms with Crippen LogP contribution in [0.15, 0.2) is 47.4 Å². The summed E-state index contributed by atoms with van der Waals surface area (Å²) in [5, 5.41) is 10.6. The summed E-state index contributed by atoms with van der Waals surface area (Å²) < 4.78 is 40.4. The molecule has 24 heavy (non-hydrogen) atoms. The summed E-state index contributed by atoms with van der Waals surface area (Å²) in [5.41, 5.74) is 0.417. The van der Waals surface area contributed by atoms with Gasteiger partial charge in [-0.15, -0.1) is 0 Å². The summed E-state index contributed by atoms with van der Waals surface area (Å²) >= 11 is 7.18. The van der Waals surface area contributed by atoms with Gasteiger partial charge >= 0.3 is 0 Å². The van der Waals surface area contributed by atoms with Gasteiger partial charge in [0.25, 0.3) is 0 Å². The zero-order chi connectivity index (χ0) is 17.4. The minimum Gasteiger partial charge on any atom is -0.383 e. The first-order valence-corrected chi connectivity index (χ1v) is 10.2. The Morgan fingerprint density at radius 1 is 1.29 bits per heavy atom. The van der Waals surface area contributed by atoms with Crippen LogP contribution in [0.4, 0.5) is 4.39 Å². The van der Waals surface area contributed by atoms with Crippen LogP contribution in [-0.2, 0) is 21.4 Å². The predicted molar refractivity (Wildman–Crippen MR) is 93.1 cm³/mol. The zero-order valence-corrected chi connectivity index (χ0v) is 14.9. The Bertz CT molecular complexity index is 875. The lowest BCUT2D eigenvalue weighted by Gasteiger charge is -2.34. The highest BCUT2D eigenvalue weighted by molar-refractivity contribution is 7.98. The van der Waals surface area contributed by atoms with Gasteiger partial charge in [0.05, 0.1) is 9.92 Å². The number of halogens is 2. The molecule has 1 aliphatic heterocycles. The van der Waals surface area contributed by atoms with Crippen molar-refractivity contribution in [2.45, 2.75) is 16.2 Å². The molecule has 0 radical (unpaired) electrons. The lowest BCUT2D eigenvalue weighted by Crippen LogP contribution is -2.44. The Morgan fingerprint density at radius 2 is 2.04 bits per heavy atom. The fourth-order valence-electron chi connectivity index (χ4n) is 2.60. The van der Waals surface area contributed by atoms with E-state index >= 15 is 0 Å². The third-order valence-corrected chi connectivity index (χ3v) is 6.76. The van der Waals surface area contributed by atoms with Crippen LogP contribution in [0.1, 0.15) is 11.1 Å². The first-order chi connectivity index (χ1) is 11.3. The Morgan fingerprint density at radius 3 is 2.79 bits per heavy atom. The second-order valence-corrected chi connectivity index (χ2v) is 8.74. The van der Waals surface area contributed by atoms with Crippen molar-refractivity contribution in [1.29, 1.82) is 0 Å². The second-order valence-electron chi connectivity index (χ2n) is 5.58. The lowest BCUT2D eigenvalue weighted by molar-refractivity contribution is 0.0659. The average Bonchev–Trinajstić information content (AvgIpc) is 2.56. The van der Waals surface area contributed by atoms with E-state index in [9.17, 15) is 17.9 Å². The SMILES string of the molecule is O=S(=O)(NCC1(O)CSCc2ccccc21)c1ccc(F)c(Cl)c1. The fraction of sp³-hybridized carbons (Fsp3) is 0.250. The number of aliphatic hydroxyl groups is 1. The van der Waals surface area contributed by atoms with Gasteiger partial charge in [0.15, 0.2) is 0 Å². The molecule has 0 saturated heterocycles. The normalized spacial score (nSPS) is 20.6. The van der Waals surface area contributed by atoms with Crippen molar-refractivity contribution in [3.63, 3.8) is 0 Å². The molecule has 2 N–H and O–H groups in total. The standard InChI is InChI=1S/C16H15ClFNO3S2/c17-14-7-12(5-6-15(14)18)24(21,22)19-9-16(20)10-23-8-11-3-1-2-4-13(11)16/h1-7,19-20H,8-10H2. The smallest absolute Gasteiger partial charge is 0.240 e. The van der Waals surface area contributed by atoms with Crippen molar-refractivity contribution in [3.8, 4) is 0 Å². The monoisotopic (exact) mass is 387 g/mol. The molecule has 1 unspecified atom stereocenters. The Hall–Kier alpha value is -1.12. The van der Waals surface area contributed by atoms with Crippen molar-refractivity contribution in [2.24, 2.45) is 0 Å². The van der Waals surface area contributed by atoms with E-state index in [1.807, 2.05) is 18.2 Å². The number of fused-ring (bicyclic) bond motifs is 1. The van der Waals surface area contributed by atoms with Crippen LogP contribution in [0.3, 0.4) is 0 Å². The Labute approximate surface area is 149 Å². The molecule has 128 valence electrons. The number of benzene rings is 2. The van der Waals surface area contributed by atoms with Gasteiger partial charge in [0, 0.05) is 18.1 Å². The number of nitrogens with one attached hydrogen (secondary N) is 1. The van der Waals surface area contributed by atoms with Crippen molar-refractivity contribution in [2.75, 3.05) is 12.3 Å². The van der Waals surface area contributed by atoms with Crippen LogP contribution >= 0.6 is 23.4 Å². The zero-order valence-electron chi connectivity index (χ0n) is 12.5. The quantitative estimate of drug-likeness (QED) is 0.846. The molecule has 2 aromatic rings. The van der Waals surface area contributed by atoms with Crippen LogP contribution in [0.2, 0.25) is 5.02 Å². The van der Waals surface area contributed by atoms with Crippen LogP contribution in [0, 0.1) is 5.82 Å². The van der Waals surface area contributed by atoms with Gasteiger partial charge in [-0.3, -0.25) is 0 Å². The first kappa shape index (κ1) is 17.7. The first-order valence-electron chi connectivity index (χ1n) is 7.15. The molecule has 2 aromatic carbocycles. The summed E-state index contributed by atoms with van der Waals surface area (Å²) in [7, 11) is -3.91. The van der Waals surface area contributed by atoms with E-state index in [4.69, 9.17) is 11.6 Å². The molecule has 3 rings (SSSR count). The highest BCUT2D eigenvalue weighted by Gasteiger charge is 2.35. The van der Waals surface area contributed by atoms with E-state index in [1.54, 1.807) is 6.07 Å². The third kappa shape index (κ3) is 3.45. The molecule has 1 aliphatic rings. The molecule has 4 nitrogen and oxygen atoms in total. The number of sulfonamides is 1. The molecule has 1 atom stereocenters. The summed E-state index contributed by atoms with van der Waals surface area (Å²) in [5.74, 6) is 0.474. The maximum atomic E-state index is 13.2. The predicted octanol–water partition coefficient (Wildman–Crippen LogP) is 2.89. The second kappa shape index (κ2) is 6.65. The molecule has 0 amide bonds. The molecular formula is C16H15ClFNO3S2. The average molecular weight is 388 g/mol. The van der Waals surface area contributed by atoms with E-state index in [0.29, 0.717) is 5.75 Å². The van der Waals surface area contributed by atoms with Gasteiger partial charge in [-0.2, -0.15) is 11.8 Å². The van der Waals surface area contributed by atoms with Gasteiger partial charge in [-0.25, -0.2) is 17.5 Å². The molecule has 8 heteroatoms. The van der Waals surface area contributed by atoms with Gasteiger partial charge in [-0.1, -0.05) is 35.9 Å². The highest BCUT2D eigenvalue weighted by Crippen LogP contribution is 2.36. The molecule has 0 aromatic heterocycles. The topological polar surface area (TPSA) is 66.4 Å². The van der Waals surface area contributed by atoms with Gasteiger partial charge in [0.1, 0.15) is 11.4 Å². The number of hydrogen-bond donors (Lipinski definition) is 2. The minimum absolute atomic E-state index is 0.144. The van der Waals surface area contributed by atoms with Gasteiger partial charge < -0.3 is 5.11 Å². The molecular weight excluding hydrogens is 373 g/mol. The molecule has 1 heterocycles. The lowest BCUT2D eigenvalue weighted by atomic mass is 9.91. The van der Waals surface area contributed by atoms with Crippen molar-refractivity contribution < 1.29 is 17.9 Å². The summed E-state index contributed by atoms with van der Waals surface area (Å²) in [6.45, 7) is -0.172. The van der Waals surface area contributed by atoms with Crippen molar-refractivity contribution in [1.82, 2.24) is 4.72 Å². The summed E-state index contributed by atoms with van der Waals surface area (Å²) in [6, 6.07) is 10.6. The maximum Gasteiger partial charge on any atom is 0.240 e. The van der Waals surface area contributed by atoms with Gasteiger partial charge in [-0.05, 0) is 29.3 Å². The van der Waals surface area contributed by atoms with Crippen LogP contribution < -0.4 is 4.72 Å². The molecule has 0 spiro atoms. The number of rotatable bonds is 4. The van der Waals surface area contributed by atoms with E-state index in [-0.39, 0.29) is 16.5 Å². The summed E-state index contributed by atoms with van der Waals surface area (Å²) in [4.78, 5) is -0.144. The van der Waals surface area contributed by atoms with E-state index < -0.39 is 21.4 Å². The number of thioether (sulfide) groups is 1. The fourth-order valence-corrected chi connectivity index (χ4v) is 5.13. The Kier molecular flexibility index (Phi) is 4.90. The number of hydrogen-bond acceptors (Lipinski definition) is 4. The van der Waals surface area contributed by atoms with E-state index in [2.05, 4.69) is 4.72 Å². The van der Waals surface area contributed by atoms with Gasteiger partial charge in [0.2, 0.25) is 10.0 Å². The van der Waals surface area contributed by atoms with Crippen LogP contribution in [0.5, 0.6) is 0 Å². The minimum atomic E-state index is -3.91. The van der Waals surface area contributed by atoms with Crippen LogP contribution in [-0.4, -0.2) is 25.8 Å². The molecule has 0 fully saturated rings.